The molecule has 0 aliphatic carbocycles. The van der Waals surface area contributed by atoms with E-state index in [1.54, 1.807) is 18.2 Å². The van der Waals surface area contributed by atoms with Crippen LogP contribution in [0.2, 0.25) is 10.0 Å². The van der Waals surface area contributed by atoms with E-state index in [1.165, 1.54) is 7.11 Å². The first-order valence-electron chi connectivity index (χ1n) is 6.08. The summed E-state index contributed by atoms with van der Waals surface area (Å²) in [5.41, 5.74) is 0. The number of benzene rings is 1. The molecule has 122 valence electrons. The van der Waals surface area contributed by atoms with Gasteiger partial charge >= 0.3 is 6.64 Å². The van der Waals surface area contributed by atoms with Gasteiger partial charge in [-0.05, 0) is 43.9 Å². The number of aliphatic hydroxyl groups excluding tert-OH is 2. The zero-order valence-corrected chi connectivity index (χ0v) is 15.3. The lowest BCUT2D eigenvalue weighted by molar-refractivity contribution is 0.186. The highest BCUT2D eigenvalue weighted by Crippen LogP contribution is 2.46. The van der Waals surface area contributed by atoms with Crippen LogP contribution in [0.5, 0.6) is 5.75 Å². The Hall–Kier alpha value is 0.0900. The molecule has 0 spiro atoms. The third-order valence-corrected chi connectivity index (χ3v) is 5.14. The van der Waals surface area contributed by atoms with Crippen LogP contribution in [0.1, 0.15) is 13.8 Å². The molecule has 0 heterocycles. The minimum Gasteiger partial charge on any atom is -0.431 e. The third kappa shape index (κ3) is 8.96. The SMILES string of the molecule is COP(=S)(NC(C)C)Oc1ccc(Cl)cc1Cl.OCCO. The van der Waals surface area contributed by atoms with Crippen LogP contribution in [0.3, 0.4) is 0 Å². The zero-order valence-electron chi connectivity index (χ0n) is 12.0. The molecule has 1 aromatic rings. The molecule has 21 heavy (non-hydrogen) atoms. The smallest absolute Gasteiger partial charge is 0.312 e. The Labute approximate surface area is 140 Å². The van der Waals surface area contributed by atoms with E-state index >= 15 is 0 Å². The summed E-state index contributed by atoms with van der Waals surface area (Å²) in [6.45, 7) is 1.12. The van der Waals surface area contributed by atoms with E-state index in [1.807, 2.05) is 13.8 Å². The Bertz CT molecular complexity index is 475. The average Bonchev–Trinajstić information content (AvgIpc) is 2.41. The summed E-state index contributed by atoms with van der Waals surface area (Å²) < 4.78 is 10.9. The second-order valence-electron chi connectivity index (χ2n) is 4.08. The Kier molecular flexibility index (Phi) is 10.8. The molecule has 1 aromatic carbocycles. The molecular weight excluding hydrogens is 356 g/mol. The maximum Gasteiger partial charge on any atom is 0.312 e. The number of nitrogens with one attached hydrogen (secondary N) is 1. The van der Waals surface area contributed by atoms with Crippen molar-refractivity contribution < 1.29 is 19.3 Å². The summed E-state index contributed by atoms with van der Waals surface area (Å²) in [6, 6.07) is 5.12. The summed E-state index contributed by atoms with van der Waals surface area (Å²) in [5, 5.41) is 19.3. The van der Waals surface area contributed by atoms with Crippen LogP contribution in [0.25, 0.3) is 0 Å². The minimum atomic E-state index is -2.56. The molecule has 3 N–H and O–H groups in total. The number of aliphatic hydroxyl groups is 2. The van der Waals surface area contributed by atoms with E-state index < -0.39 is 6.64 Å². The summed E-state index contributed by atoms with van der Waals surface area (Å²) in [4.78, 5) is 0. The lowest BCUT2D eigenvalue weighted by Gasteiger charge is -2.24. The van der Waals surface area contributed by atoms with Crippen LogP contribution in [0.4, 0.5) is 0 Å². The second kappa shape index (κ2) is 10.8. The standard InChI is InChI=1S/C10H14Cl2NO2PS.C2H6O2/c1-7(2)13-16(17,14-3)15-10-5-4-8(11)6-9(10)12;3-1-2-4/h4-7H,1-3H3,(H,13,17);3-4H,1-2H2. The first-order chi connectivity index (χ1) is 9.77. The maximum absolute atomic E-state index is 7.62. The van der Waals surface area contributed by atoms with Crippen molar-refractivity contribution in [1.29, 1.82) is 0 Å². The van der Waals surface area contributed by atoms with Gasteiger partial charge in [0, 0.05) is 18.2 Å². The Morgan fingerprint density at radius 2 is 1.86 bits per heavy atom. The lowest BCUT2D eigenvalue weighted by atomic mass is 10.3. The van der Waals surface area contributed by atoms with Crippen molar-refractivity contribution >= 4 is 41.7 Å². The van der Waals surface area contributed by atoms with Gasteiger partial charge in [-0.2, -0.15) is 0 Å². The maximum atomic E-state index is 7.62. The van der Waals surface area contributed by atoms with E-state index in [9.17, 15) is 0 Å². The fourth-order valence-corrected chi connectivity index (χ4v) is 3.77. The second-order valence-corrected chi connectivity index (χ2v) is 8.16. The molecule has 1 rings (SSSR count). The topological polar surface area (TPSA) is 71.0 Å². The first-order valence-corrected chi connectivity index (χ1v) is 9.47. The van der Waals surface area contributed by atoms with Crippen molar-refractivity contribution in [2.24, 2.45) is 0 Å². The molecular formula is C12H20Cl2NO4PS. The molecule has 0 radical (unpaired) electrons. The Balaban J connectivity index is 0.000000885. The summed E-state index contributed by atoms with van der Waals surface area (Å²) >= 11 is 17.1. The van der Waals surface area contributed by atoms with Gasteiger partial charge in [0.25, 0.3) is 0 Å². The van der Waals surface area contributed by atoms with Gasteiger partial charge in [0.05, 0.1) is 18.2 Å². The summed E-state index contributed by atoms with van der Waals surface area (Å²) in [7, 11) is 1.51. The number of halogens is 2. The van der Waals surface area contributed by atoms with Crippen molar-refractivity contribution in [2.75, 3.05) is 20.3 Å². The van der Waals surface area contributed by atoms with Gasteiger partial charge in [0.1, 0.15) is 5.75 Å². The molecule has 5 nitrogen and oxygen atoms in total. The highest BCUT2D eigenvalue weighted by atomic mass is 35.5. The molecule has 9 heteroatoms. The van der Waals surface area contributed by atoms with Crippen molar-refractivity contribution in [3.63, 3.8) is 0 Å². The third-order valence-electron chi connectivity index (χ3n) is 1.87. The highest BCUT2D eigenvalue weighted by molar-refractivity contribution is 8.09. The average molecular weight is 376 g/mol. The minimum absolute atomic E-state index is 0.125. The van der Waals surface area contributed by atoms with Gasteiger partial charge in [-0.3, -0.25) is 0 Å². The van der Waals surface area contributed by atoms with Crippen LogP contribution in [-0.2, 0) is 16.3 Å². The molecule has 0 fully saturated rings. The largest absolute Gasteiger partial charge is 0.431 e. The Morgan fingerprint density at radius 1 is 1.29 bits per heavy atom. The van der Waals surface area contributed by atoms with Crippen LogP contribution in [0, 0.1) is 0 Å². The molecule has 0 saturated heterocycles. The fourth-order valence-electron chi connectivity index (χ4n) is 1.11. The predicted octanol–water partition coefficient (Wildman–Crippen LogP) is 3.21. The van der Waals surface area contributed by atoms with E-state index in [2.05, 4.69) is 5.09 Å². The van der Waals surface area contributed by atoms with E-state index in [-0.39, 0.29) is 19.3 Å². The molecule has 0 aliphatic rings. The molecule has 0 saturated carbocycles. The first kappa shape index (κ1) is 21.1. The van der Waals surface area contributed by atoms with Crippen molar-refractivity contribution in [3.8, 4) is 5.75 Å². The predicted molar refractivity (Wildman–Crippen MR) is 90.8 cm³/mol. The van der Waals surface area contributed by atoms with E-state index in [4.69, 9.17) is 54.3 Å². The van der Waals surface area contributed by atoms with Gasteiger partial charge in [0.2, 0.25) is 0 Å². The van der Waals surface area contributed by atoms with Gasteiger partial charge in [-0.25, -0.2) is 5.09 Å². The number of hydrogen-bond donors (Lipinski definition) is 3. The molecule has 0 aromatic heterocycles. The van der Waals surface area contributed by atoms with Crippen molar-refractivity contribution in [2.45, 2.75) is 19.9 Å². The highest BCUT2D eigenvalue weighted by Gasteiger charge is 2.21. The molecule has 1 atom stereocenters. The van der Waals surface area contributed by atoms with Gasteiger partial charge in [-0.1, -0.05) is 23.2 Å². The summed E-state index contributed by atoms with van der Waals surface area (Å²) in [5.74, 6) is 0.467. The van der Waals surface area contributed by atoms with Gasteiger partial charge in [-0.15, -0.1) is 0 Å². The molecule has 1 unspecified atom stereocenters. The number of hydrogen-bond acceptors (Lipinski definition) is 5. The zero-order chi connectivity index (χ0) is 16.5. The van der Waals surface area contributed by atoms with E-state index in [0.717, 1.165) is 0 Å². The number of rotatable bonds is 6. The lowest BCUT2D eigenvalue weighted by Crippen LogP contribution is -2.22. The van der Waals surface area contributed by atoms with Gasteiger partial charge in [0.15, 0.2) is 0 Å². The molecule has 0 bridgehead atoms. The van der Waals surface area contributed by atoms with E-state index in [0.29, 0.717) is 15.8 Å². The quantitative estimate of drug-likeness (QED) is 0.663. The van der Waals surface area contributed by atoms with Crippen LogP contribution in [-0.4, -0.2) is 36.6 Å². The fraction of sp³-hybridized carbons (Fsp3) is 0.500. The van der Waals surface area contributed by atoms with Crippen molar-refractivity contribution in [3.05, 3.63) is 28.2 Å². The van der Waals surface area contributed by atoms with Crippen LogP contribution in [0.15, 0.2) is 18.2 Å². The molecule has 0 amide bonds. The van der Waals surface area contributed by atoms with Crippen LogP contribution < -0.4 is 9.61 Å². The van der Waals surface area contributed by atoms with Crippen LogP contribution >= 0.6 is 29.8 Å². The molecule has 0 aliphatic heterocycles. The monoisotopic (exact) mass is 375 g/mol. The van der Waals surface area contributed by atoms with Crippen molar-refractivity contribution in [1.82, 2.24) is 5.09 Å². The van der Waals surface area contributed by atoms with Gasteiger partial charge < -0.3 is 19.3 Å². The Morgan fingerprint density at radius 3 is 2.24 bits per heavy atom. The summed E-state index contributed by atoms with van der Waals surface area (Å²) in [6.07, 6.45) is 0. The normalized spacial score (nSPS) is 13.3.